The molecule has 0 radical (unpaired) electrons. The van der Waals surface area contributed by atoms with Gasteiger partial charge in [0.05, 0.1) is 6.10 Å². The maximum Gasteiger partial charge on any atom is 0.120 e. The predicted molar refractivity (Wildman–Crippen MR) is 70.9 cm³/mol. The highest BCUT2D eigenvalue weighted by atomic mass is 79.9. The van der Waals surface area contributed by atoms with Crippen LogP contribution < -0.4 is 5.32 Å². The third-order valence-corrected chi connectivity index (χ3v) is 3.76. The zero-order valence-electron chi connectivity index (χ0n) is 9.69. The molecule has 3 nitrogen and oxygen atoms in total. The largest absolute Gasteiger partial charge is 0.508 e. The van der Waals surface area contributed by atoms with Gasteiger partial charge in [-0.2, -0.15) is 0 Å². The molecular formula is C13H18BrNO2. The van der Waals surface area contributed by atoms with Crippen LogP contribution in [-0.2, 0) is 6.54 Å². The van der Waals surface area contributed by atoms with Crippen molar-refractivity contribution in [1.82, 2.24) is 5.32 Å². The maximum atomic E-state index is 9.71. The molecule has 0 aromatic heterocycles. The standard InChI is InChI=1S/C13H18BrNO2/c14-10-4-5-13(17)9(6-10)8-15-11-2-1-3-12(16)7-11/h4-6,11-12,15-17H,1-3,7-8H2. The van der Waals surface area contributed by atoms with Crippen LogP contribution in [0.15, 0.2) is 22.7 Å². The molecule has 1 aliphatic carbocycles. The van der Waals surface area contributed by atoms with Crippen molar-refractivity contribution in [1.29, 1.82) is 0 Å². The minimum absolute atomic E-state index is 0.169. The number of phenols is 1. The van der Waals surface area contributed by atoms with E-state index in [2.05, 4.69) is 21.2 Å². The van der Waals surface area contributed by atoms with Gasteiger partial charge in [-0.25, -0.2) is 0 Å². The molecule has 0 amide bonds. The average molecular weight is 300 g/mol. The van der Waals surface area contributed by atoms with Crippen molar-refractivity contribution in [2.75, 3.05) is 0 Å². The molecule has 1 saturated carbocycles. The smallest absolute Gasteiger partial charge is 0.120 e. The lowest BCUT2D eigenvalue weighted by molar-refractivity contribution is 0.111. The van der Waals surface area contributed by atoms with Gasteiger partial charge in [-0.1, -0.05) is 15.9 Å². The lowest BCUT2D eigenvalue weighted by atomic mass is 9.93. The number of phenolic OH excluding ortho intramolecular Hbond substituents is 1. The second-order valence-electron chi connectivity index (χ2n) is 4.67. The van der Waals surface area contributed by atoms with Gasteiger partial charge in [-0.15, -0.1) is 0 Å². The van der Waals surface area contributed by atoms with Gasteiger partial charge in [0.15, 0.2) is 0 Å². The van der Waals surface area contributed by atoms with Crippen molar-refractivity contribution in [3.63, 3.8) is 0 Å². The first kappa shape index (κ1) is 12.9. The Balaban J connectivity index is 1.90. The van der Waals surface area contributed by atoms with Crippen LogP contribution in [-0.4, -0.2) is 22.4 Å². The Kier molecular flexibility index (Phi) is 4.42. The van der Waals surface area contributed by atoms with Gasteiger partial charge >= 0.3 is 0 Å². The number of benzene rings is 1. The molecule has 17 heavy (non-hydrogen) atoms. The highest BCUT2D eigenvalue weighted by Crippen LogP contribution is 2.23. The van der Waals surface area contributed by atoms with Crippen molar-refractivity contribution in [2.45, 2.75) is 44.4 Å². The van der Waals surface area contributed by atoms with E-state index in [1.165, 1.54) is 0 Å². The van der Waals surface area contributed by atoms with Crippen LogP contribution in [0.5, 0.6) is 5.75 Å². The Morgan fingerprint density at radius 1 is 1.35 bits per heavy atom. The van der Waals surface area contributed by atoms with Gasteiger partial charge in [-0.05, 0) is 43.9 Å². The van der Waals surface area contributed by atoms with E-state index in [0.717, 1.165) is 35.7 Å². The Bertz CT molecular complexity index is 384. The molecule has 0 spiro atoms. The molecule has 1 aliphatic rings. The molecule has 0 bridgehead atoms. The van der Waals surface area contributed by atoms with Gasteiger partial charge < -0.3 is 15.5 Å². The summed E-state index contributed by atoms with van der Waals surface area (Å²) in [5, 5.41) is 22.7. The summed E-state index contributed by atoms with van der Waals surface area (Å²) >= 11 is 3.39. The summed E-state index contributed by atoms with van der Waals surface area (Å²) in [5.41, 5.74) is 0.888. The second kappa shape index (κ2) is 5.85. The minimum atomic E-state index is -0.169. The molecule has 0 saturated heterocycles. The molecular weight excluding hydrogens is 282 g/mol. The van der Waals surface area contributed by atoms with Gasteiger partial charge in [0, 0.05) is 22.6 Å². The predicted octanol–water partition coefficient (Wildman–Crippen LogP) is 2.55. The summed E-state index contributed by atoms with van der Waals surface area (Å²) < 4.78 is 0.968. The second-order valence-corrected chi connectivity index (χ2v) is 5.59. The summed E-state index contributed by atoms with van der Waals surface area (Å²) in [4.78, 5) is 0. The van der Waals surface area contributed by atoms with Crippen molar-refractivity contribution < 1.29 is 10.2 Å². The van der Waals surface area contributed by atoms with Gasteiger partial charge in [-0.3, -0.25) is 0 Å². The quantitative estimate of drug-likeness (QED) is 0.804. The van der Waals surface area contributed by atoms with Crippen LogP contribution in [0, 0.1) is 0 Å². The number of aliphatic hydroxyl groups excluding tert-OH is 1. The fourth-order valence-corrected chi connectivity index (χ4v) is 2.71. The van der Waals surface area contributed by atoms with Crippen LogP contribution in [0.3, 0.4) is 0 Å². The van der Waals surface area contributed by atoms with Gasteiger partial charge in [0.25, 0.3) is 0 Å². The molecule has 0 aliphatic heterocycles. The van der Waals surface area contributed by atoms with E-state index in [9.17, 15) is 10.2 Å². The highest BCUT2D eigenvalue weighted by Gasteiger charge is 2.19. The monoisotopic (exact) mass is 299 g/mol. The molecule has 2 unspecified atom stereocenters. The number of hydrogen-bond acceptors (Lipinski definition) is 3. The lowest BCUT2D eigenvalue weighted by Gasteiger charge is -2.26. The zero-order valence-corrected chi connectivity index (χ0v) is 11.3. The van der Waals surface area contributed by atoms with Crippen molar-refractivity contribution in [3.05, 3.63) is 28.2 Å². The first-order valence-electron chi connectivity index (χ1n) is 6.04. The average Bonchev–Trinajstić information content (AvgIpc) is 2.30. The van der Waals surface area contributed by atoms with E-state index in [1.807, 2.05) is 12.1 Å². The molecule has 1 aromatic rings. The fourth-order valence-electron chi connectivity index (χ4n) is 2.30. The minimum Gasteiger partial charge on any atom is -0.508 e. The molecule has 3 N–H and O–H groups in total. The first-order chi connectivity index (χ1) is 8.15. The number of aromatic hydroxyl groups is 1. The van der Waals surface area contributed by atoms with Crippen LogP contribution in [0.4, 0.5) is 0 Å². The number of rotatable bonds is 3. The molecule has 2 atom stereocenters. The molecule has 0 heterocycles. The Hall–Kier alpha value is -0.580. The highest BCUT2D eigenvalue weighted by molar-refractivity contribution is 9.10. The summed E-state index contributed by atoms with van der Waals surface area (Å²) in [7, 11) is 0. The molecule has 1 fully saturated rings. The Labute approximate surface area is 110 Å². The van der Waals surface area contributed by atoms with E-state index in [1.54, 1.807) is 6.07 Å². The lowest BCUT2D eigenvalue weighted by Crippen LogP contribution is -2.35. The molecule has 94 valence electrons. The Morgan fingerprint density at radius 3 is 2.94 bits per heavy atom. The van der Waals surface area contributed by atoms with Crippen molar-refractivity contribution in [3.8, 4) is 5.75 Å². The van der Waals surface area contributed by atoms with Gasteiger partial charge in [0.2, 0.25) is 0 Å². The zero-order chi connectivity index (χ0) is 12.3. The van der Waals surface area contributed by atoms with Crippen molar-refractivity contribution >= 4 is 15.9 Å². The van der Waals surface area contributed by atoms with E-state index >= 15 is 0 Å². The summed E-state index contributed by atoms with van der Waals surface area (Å²) in [6.07, 6.45) is 3.74. The van der Waals surface area contributed by atoms with E-state index in [-0.39, 0.29) is 6.10 Å². The van der Waals surface area contributed by atoms with E-state index in [0.29, 0.717) is 18.3 Å². The third kappa shape index (κ3) is 3.69. The summed E-state index contributed by atoms with van der Waals surface area (Å²) in [6, 6.07) is 5.79. The number of hydrogen-bond donors (Lipinski definition) is 3. The van der Waals surface area contributed by atoms with Crippen LogP contribution in [0.1, 0.15) is 31.2 Å². The van der Waals surface area contributed by atoms with Crippen LogP contribution in [0.25, 0.3) is 0 Å². The number of halogens is 1. The summed E-state index contributed by atoms with van der Waals surface area (Å²) in [6.45, 7) is 0.642. The van der Waals surface area contributed by atoms with Crippen LogP contribution in [0.2, 0.25) is 0 Å². The number of nitrogens with one attached hydrogen (secondary N) is 1. The maximum absolute atomic E-state index is 9.71. The molecule has 2 rings (SSSR count). The summed E-state index contributed by atoms with van der Waals surface area (Å²) in [5.74, 6) is 0.317. The van der Waals surface area contributed by atoms with Crippen molar-refractivity contribution in [2.24, 2.45) is 0 Å². The molecule has 4 heteroatoms. The van der Waals surface area contributed by atoms with Crippen LogP contribution >= 0.6 is 15.9 Å². The molecule has 1 aromatic carbocycles. The fraction of sp³-hybridized carbons (Fsp3) is 0.538. The number of aliphatic hydroxyl groups is 1. The normalized spacial score (nSPS) is 24.8. The first-order valence-corrected chi connectivity index (χ1v) is 6.83. The SMILES string of the molecule is Oc1ccc(Br)cc1CNC1CCCC(O)C1. The van der Waals surface area contributed by atoms with E-state index in [4.69, 9.17) is 0 Å². The van der Waals surface area contributed by atoms with Gasteiger partial charge in [0.1, 0.15) is 5.75 Å². The van der Waals surface area contributed by atoms with E-state index < -0.39 is 0 Å². The topological polar surface area (TPSA) is 52.5 Å². The Morgan fingerprint density at radius 2 is 2.18 bits per heavy atom. The third-order valence-electron chi connectivity index (χ3n) is 3.27.